The van der Waals surface area contributed by atoms with Crippen molar-refractivity contribution in [2.75, 3.05) is 48.3 Å². The summed E-state index contributed by atoms with van der Waals surface area (Å²) in [6.45, 7) is 5.42. The number of piperazine rings is 1. The van der Waals surface area contributed by atoms with Crippen LogP contribution < -0.4 is 15.5 Å². The Hall–Kier alpha value is -3.78. The van der Waals surface area contributed by atoms with Gasteiger partial charge in [-0.05, 0) is 42.3 Å². The van der Waals surface area contributed by atoms with Gasteiger partial charge in [0, 0.05) is 37.6 Å². The highest BCUT2D eigenvalue weighted by atomic mass is 16.2. The first-order valence-electron chi connectivity index (χ1n) is 11.2. The van der Waals surface area contributed by atoms with Crippen LogP contribution in [0.2, 0.25) is 0 Å². The molecule has 4 rings (SSSR count). The lowest BCUT2D eigenvalue weighted by atomic mass is 10.1. The Labute approximate surface area is 193 Å². The van der Waals surface area contributed by atoms with Crippen LogP contribution in [0.5, 0.6) is 0 Å². The average molecular weight is 445 g/mol. The van der Waals surface area contributed by atoms with Crippen molar-refractivity contribution in [2.45, 2.75) is 13.3 Å². The normalized spacial score (nSPS) is 14.0. The van der Waals surface area contributed by atoms with Gasteiger partial charge in [0.15, 0.2) is 11.5 Å². The number of nitrogens with zero attached hydrogens (tertiary/aromatic N) is 4. The third-order valence-electron chi connectivity index (χ3n) is 5.65. The highest BCUT2D eigenvalue weighted by Crippen LogP contribution is 2.16. The van der Waals surface area contributed by atoms with Gasteiger partial charge >= 0.3 is 0 Å². The Morgan fingerprint density at radius 3 is 2.27 bits per heavy atom. The molecule has 8 heteroatoms. The van der Waals surface area contributed by atoms with Gasteiger partial charge in [-0.1, -0.05) is 43.3 Å². The topological polar surface area (TPSA) is 90.5 Å². The number of para-hydroxylation sites is 2. The molecule has 8 nitrogen and oxygen atoms in total. The number of amides is 2. The molecule has 0 spiro atoms. The second-order valence-corrected chi connectivity index (χ2v) is 7.92. The molecule has 2 aromatic carbocycles. The van der Waals surface area contributed by atoms with E-state index in [2.05, 4.69) is 37.6 Å². The Kier molecular flexibility index (Phi) is 7.26. The van der Waals surface area contributed by atoms with Gasteiger partial charge in [0.05, 0.1) is 6.54 Å². The molecule has 0 aliphatic carbocycles. The number of rotatable bonds is 7. The summed E-state index contributed by atoms with van der Waals surface area (Å²) >= 11 is 0. The van der Waals surface area contributed by atoms with Crippen molar-refractivity contribution in [3.05, 3.63) is 78.0 Å². The number of hydrogen-bond acceptors (Lipinski definition) is 6. The maximum absolute atomic E-state index is 12.5. The summed E-state index contributed by atoms with van der Waals surface area (Å²) in [4.78, 5) is 29.1. The number of aryl methyl sites for hydroxylation is 1. The van der Waals surface area contributed by atoms with E-state index in [0.717, 1.165) is 49.7 Å². The van der Waals surface area contributed by atoms with Crippen LogP contribution in [-0.4, -0.2) is 59.6 Å². The van der Waals surface area contributed by atoms with Crippen molar-refractivity contribution >= 4 is 29.0 Å². The predicted molar refractivity (Wildman–Crippen MR) is 130 cm³/mol. The van der Waals surface area contributed by atoms with Crippen molar-refractivity contribution in [3.8, 4) is 0 Å². The van der Waals surface area contributed by atoms with Crippen LogP contribution in [0, 0.1) is 0 Å². The molecule has 1 aliphatic heterocycles. The molecule has 0 saturated carbocycles. The van der Waals surface area contributed by atoms with Gasteiger partial charge in [-0.3, -0.25) is 14.5 Å². The molecule has 1 fully saturated rings. The second kappa shape index (κ2) is 10.7. The summed E-state index contributed by atoms with van der Waals surface area (Å²) in [6.07, 6.45) is 0.878. The molecular weight excluding hydrogens is 416 g/mol. The Bertz CT molecular complexity index is 1080. The molecule has 170 valence electrons. The van der Waals surface area contributed by atoms with Crippen molar-refractivity contribution in [2.24, 2.45) is 0 Å². The predicted octanol–water partition coefficient (Wildman–Crippen LogP) is 3.05. The van der Waals surface area contributed by atoms with E-state index in [1.807, 2.05) is 60.7 Å². The lowest BCUT2D eigenvalue weighted by Crippen LogP contribution is -2.49. The third kappa shape index (κ3) is 5.93. The molecule has 3 aromatic rings. The standard InChI is InChI=1S/C25H28N6O2/c1-2-19-8-6-7-11-21(19)27-24(32)18-30-14-16-31(17-15-30)23-13-12-22(28-29-23)25(33)26-20-9-4-3-5-10-20/h3-13H,2,14-18H2,1H3,(H,26,33)(H,27,32). The smallest absolute Gasteiger partial charge is 0.276 e. The summed E-state index contributed by atoms with van der Waals surface area (Å²) in [5.74, 6) is 0.436. The fourth-order valence-corrected chi connectivity index (χ4v) is 3.81. The van der Waals surface area contributed by atoms with E-state index in [1.165, 1.54) is 0 Å². The zero-order valence-corrected chi connectivity index (χ0v) is 18.7. The van der Waals surface area contributed by atoms with Crippen LogP contribution in [0.3, 0.4) is 0 Å². The largest absolute Gasteiger partial charge is 0.353 e. The Morgan fingerprint density at radius 1 is 0.848 bits per heavy atom. The first kappa shape index (κ1) is 22.4. The van der Waals surface area contributed by atoms with Crippen molar-refractivity contribution in [1.29, 1.82) is 0 Å². The number of aromatic nitrogens is 2. The summed E-state index contributed by atoms with van der Waals surface area (Å²) in [6, 6.07) is 20.6. The highest BCUT2D eigenvalue weighted by Gasteiger charge is 2.21. The van der Waals surface area contributed by atoms with Crippen LogP contribution in [0.1, 0.15) is 23.0 Å². The minimum atomic E-state index is -0.291. The van der Waals surface area contributed by atoms with E-state index >= 15 is 0 Å². The van der Waals surface area contributed by atoms with Gasteiger partial charge < -0.3 is 15.5 Å². The number of carbonyl (C=O) groups excluding carboxylic acids is 2. The van der Waals surface area contributed by atoms with Crippen molar-refractivity contribution in [1.82, 2.24) is 15.1 Å². The molecule has 2 N–H and O–H groups in total. The highest BCUT2D eigenvalue weighted by molar-refractivity contribution is 6.02. The molecule has 0 bridgehead atoms. The summed E-state index contributed by atoms with van der Waals surface area (Å²) < 4.78 is 0. The molecule has 1 aromatic heterocycles. The maximum atomic E-state index is 12.5. The zero-order valence-electron chi connectivity index (χ0n) is 18.7. The minimum Gasteiger partial charge on any atom is -0.353 e. The van der Waals surface area contributed by atoms with E-state index in [1.54, 1.807) is 6.07 Å². The molecule has 0 unspecified atom stereocenters. The second-order valence-electron chi connectivity index (χ2n) is 7.92. The van der Waals surface area contributed by atoms with Crippen LogP contribution >= 0.6 is 0 Å². The maximum Gasteiger partial charge on any atom is 0.276 e. The van der Waals surface area contributed by atoms with Crippen LogP contribution in [0.4, 0.5) is 17.2 Å². The third-order valence-corrected chi connectivity index (χ3v) is 5.65. The molecule has 1 saturated heterocycles. The van der Waals surface area contributed by atoms with Gasteiger partial charge in [-0.25, -0.2) is 0 Å². The van der Waals surface area contributed by atoms with Gasteiger partial charge in [-0.2, -0.15) is 0 Å². The van der Waals surface area contributed by atoms with E-state index < -0.39 is 0 Å². The summed E-state index contributed by atoms with van der Waals surface area (Å²) in [7, 11) is 0. The number of benzene rings is 2. The van der Waals surface area contributed by atoms with Gasteiger partial charge in [0.25, 0.3) is 5.91 Å². The first-order chi connectivity index (χ1) is 16.1. The number of nitrogens with one attached hydrogen (secondary N) is 2. The Morgan fingerprint density at radius 2 is 1.58 bits per heavy atom. The quantitative estimate of drug-likeness (QED) is 0.582. The molecule has 0 atom stereocenters. The number of carbonyl (C=O) groups is 2. The molecular formula is C25H28N6O2. The number of hydrogen-bond donors (Lipinski definition) is 2. The van der Waals surface area contributed by atoms with E-state index in [9.17, 15) is 9.59 Å². The van der Waals surface area contributed by atoms with Crippen LogP contribution in [-0.2, 0) is 11.2 Å². The molecule has 0 radical (unpaired) electrons. The molecule has 1 aliphatic rings. The van der Waals surface area contributed by atoms with E-state index in [-0.39, 0.29) is 17.5 Å². The minimum absolute atomic E-state index is 0.00192. The van der Waals surface area contributed by atoms with Crippen LogP contribution in [0.25, 0.3) is 0 Å². The molecule has 2 heterocycles. The van der Waals surface area contributed by atoms with Crippen molar-refractivity contribution in [3.63, 3.8) is 0 Å². The average Bonchev–Trinajstić information content (AvgIpc) is 2.85. The van der Waals surface area contributed by atoms with E-state index in [4.69, 9.17) is 0 Å². The van der Waals surface area contributed by atoms with Gasteiger partial charge in [0.2, 0.25) is 5.91 Å². The first-order valence-corrected chi connectivity index (χ1v) is 11.2. The van der Waals surface area contributed by atoms with Crippen LogP contribution in [0.15, 0.2) is 66.7 Å². The monoisotopic (exact) mass is 444 g/mol. The lowest BCUT2D eigenvalue weighted by Gasteiger charge is -2.34. The molecule has 2 amide bonds. The zero-order chi connectivity index (χ0) is 23.0. The van der Waals surface area contributed by atoms with E-state index in [0.29, 0.717) is 12.2 Å². The Balaban J connectivity index is 1.26. The lowest BCUT2D eigenvalue weighted by molar-refractivity contribution is -0.117. The fraction of sp³-hybridized carbons (Fsp3) is 0.280. The van der Waals surface area contributed by atoms with Gasteiger partial charge in [0.1, 0.15) is 0 Å². The number of anilines is 3. The van der Waals surface area contributed by atoms with Crippen molar-refractivity contribution < 1.29 is 9.59 Å². The molecule has 33 heavy (non-hydrogen) atoms. The summed E-state index contributed by atoms with van der Waals surface area (Å²) in [5.41, 5.74) is 3.00. The fourth-order valence-electron chi connectivity index (χ4n) is 3.81. The summed E-state index contributed by atoms with van der Waals surface area (Å²) in [5, 5.41) is 14.2. The SMILES string of the molecule is CCc1ccccc1NC(=O)CN1CCN(c2ccc(C(=O)Nc3ccccc3)nn2)CC1. The van der Waals surface area contributed by atoms with Gasteiger partial charge in [-0.15, -0.1) is 10.2 Å².